The molecule has 1 heterocycles. The third-order valence-corrected chi connectivity index (χ3v) is 3.48. The molecule has 1 saturated carbocycles. The average Bonchev–Trinajstić information content (AvgIpc) is 3.08. The van der Waals surface area contributed by atoms with E-state index in [0.717, 1.165) is 18.5 Å². The van der Waals surface area contributed by atoms with Crippen molar-refractivity contribution >= 4 is 28.9 Å². The van der Waals surface area contributed by atoms with Crippen LogP contribution < -0.4 is 10.2 Å². The number of rotatable bonds is 1. The summed E-state index contributed by atoms with van der Waals surface area (Å²) in [6.45, 7) is 0.672. The lowest BCUT2D eigenvalue weighted by Gasteiger charge is -2.24. The number of carbonyl (C=O) groups is 1. The van der Waals surface area contributed by atoms with Crippen LogP contribution in [0.4, 0.5) is 15.8 Å². The van der Waals surface area contributed by atoms with Crippen molar-refractivity contribution in [1.29, 1.82) is 0 Å². The van der Waals surface area contributed by atoms with Gasteiger partial charge in [0, 0.05) is 25.1 Å². The predicted octanol–water partition coefficient (Wildman–Crippen LogP) is 2.79. The molecule has 0 spiro atoms. The van der Waals surface area contributed by atoms with E-state index in [1.54, 1.807) is 6.07 Å². The van der Waals surface area contributed by atoms with Crippen LogP contribution in [0.2, 0.25) is 5.02 Å². The standard InChI is InChI=1S/C12H12ClFN2O/c13-8-5-11-10(6-9(8)14)15-12(17)3-4-16(11)7-1-2-7/h5-7H,1-4H2,(H,15,17). The van der Waals surface area contributed by atoms with Crippen molar-refractivity contribution in [3.63, 3.8) is 0 Å². The Labute approximate surface area is 104 Å². The molecule has 2 aliphatic rings. The van der Waals surface area contributed by atoms with E-state index in [1.807, 2.05) is 0 Å². The van der Waals surface area contributed by atoms with Gasteiger partial charge in [-0.2, -0.15) is 0 Å². The molecule has 3 rings (SSSR count). The van der Waals surface area contributed by atoms with Crippen molar-refractivity contribution in [2.75, 3.05) is 16.8 Å². The van der Waals surface area contributed by atoms with Crippen LogP contribution in [-0.4, -0.2) is 18.5 Å². The summed E-state index contributed by atoms with van der Waals surface area (Å²) in [5, 5.41) is 2.83. The molecule has 90 valence electrons. The number of amides is 1. The maximum Gasteiger partial charge on any atom is 0.226 e. The van der Waals surface area contributed by atoms with E-state index in [9.17, 15) is 9.18 Å². The number of anilines is 2. The lowest BCUT2D eigenvalue weighted by atomic mass is 10.2. The number of benzene rings is 1. The molecule has 1 aliphatic carbocycles. The molecule has 0 unspecified atom stereocenters. The summed E-state index contributed by atoms with van der Waals surface area (Å²) < 4.78 is 13.4. The van der Waals surface area contributed by atoms with Crippen LogP contribution in [0.5, 0.6) is 0 Å². The highest BCUT2D eigenvalue weighted by molar-refractivity contribution is 6.31. The fourth-order valence-electron chi connectivity index (χ4n) is 2.19. The number of nitrogens with one attached hydrogen (secondary N) is 1. The van der Waals surface area contributed by atoms with Gasteiger partial charge in [-0.3, -0.25) is 4.79 Å². The molecular formula is C12H12ClFN2O. The van der Waals surface area contributed by atoms with Crippen molar-refractivity contribution in [1.82, 2.24) is 0 Å². The molecule has 17 heavy (non-hydrogen) atoms. The minimum Gasteiger partial charge on any atom is -0.366 e. The summed E-state index contributed by atoms with van der Waals surface area (Å²) in [5.74, 6) is -0.570. The van der Waals surface area contributed by atoms with Crippen molar-refractivity contribution in [2.45, 2.75) is 25.3 Å². The smallest absolute Gasteiger partial charge is 0.226 e. The van der Waals surface area contributed by atoms with Crippen LogP contribution in [0, 0.1) is 5.82 Å². The summed E-state index contributed by atoms with van der Waals surface area (Å²) in [6.07, 6.45) is 2.69. The van der Waals surface area contributed by atoms with Gasteiger partial charge in [0.15, 0.2) is 0 Å². The zero-order valence-electron chi connectivity index (χ0n) is 9.17. The van der Waals surface area contributed by atoms with Crippen LogP contribution in [0.1, 0.15) is 19.3 Å². The summed E-state index contributed by atoms with van der Waals surface area (Å²) in [5.41, 5.74) is 1.37. The molecule has 1 fully saturated rings. The second-order valence-corrected chi connectivity index (χ2v) is 4.91. The molecule has 0 aromatic heterocycles. The molecule has 1 aliphatic heterocycles. The van der Waals surface area contributed by atoms with Crippen LogP contribution >= 0.6 is 11.6 Å². The molecule has 0 atom stereocenters. The fraction of sp³-hybridized carbons (Fsp3) is 0.417. The average molecular weight is 255 g/mol. The first kappa shape index (κ1) is 10.8. The third kappa shape index (κ3) is 1.97. The molecule has 0 radical (unpaired) electrons. The Morgan fingerprint density at radius 3 is 2.88 bits per heavy atom. The summed E-state index contributed by atoms with van der Waals surface area (Å²) in [4.78, 5) is 13.7. The summed E-state index contributed by atoms with van der Waals surface area (Å²) in [7, 11) is 0. The van der Waals surface area contributed by atoms with Gasteiger partial charge < -0.3 is 10.2 Å². The van der Waals surface area contributed by atoms with Crippen molar-refractivity contribution in [3.8, 4) is 0 Å². The highest BCUT2D eigenvalue weighted by Gasteiger charge is 2.33. The molecular weight excluding hydrogens is 243 g/mol. The zero-order chi connectivity index (χ0) is 12.0. The summed E-state index contributed by atoms with van der Waals surface area (Å²) >= 11 is 5.81. The fourth-order valence-corrected chi connectivity index (χ4v) is 2.35. The van der Waals surface area contributed by atoms with Gasteiger partial charge >= 0.3 is 0 Å². The van der Waals surface area contributed by atoms with Crippen molar-refractivity contribution in [3.05, 3.63) is 23.0 Å². The van der Waals surface area contributed by atoms with E-state index >= 15 is 0 Å². The lowest BCUT2D eigenvalue weighted by Crippen LogP contribution is -2.26. The molecule has 0 saturated heterocycles. The third-order valence-electron chi connectivity index (χ3n) is 3.19. The van der Waals surface area contributed by atoms with Gasteiger partial charge in [-0.15, -0.1) is 0 Å². The van der Waals surface area contributed by atoms with Gasteiger partial charge in [0.05, 0.1) is 16.4 Å². The maximum absolute atomic E-state index is 13.4. The number of nitrogens with zero attached hydrogens (tertiary/aromatic N) is 1. The van der Waals surface area contributed by atoms with Crippen LogP contribution in [0.15, 0.2) is 12.1 Å². The Kier molecular flexibility index (Phi) is 2.47. The van der Waals surface area contributed by atoms with Crippen LogP contribution in [-0.2, 0) is 4.79 Å². The maximum atomic E-state index is 13.4. The van der Waals surface area contributed by atoms with Gasteiger partial charge in [-0.1, -0.05) is 11.6 Å². The van der Waals surface area contributed by atoms with E-state index in [2.05, 4.69) is 10.2 Å². The van der Waals surface area contributed by atoms with Gasteiger partial charge in [-0.05, 0) is 18.9 Å². The zero-order valence-corrected chi connectivity index (χ0v) is 9.93. The SMILES string of the molecule is O=C1CCN(C2CC2)c2cc(Cl)c(F)cc2N1. The van der Waals surface area contributed by atoms with Gasteiger partial charge in [0.25, 0.3) is 0 Å². The molecule has 1 aromatic rings. The number of carbonyl (C=O) groups excluding carboxylic acids is 1. The first-order valence-corrected chi connectivity index (χ1v) is 6.08. The second kappa shape index (κ2) is 3.88. The second-order valence-electron chi connectivity index (χ2n) is 4.51. The first-order chi connectivity index (χ1) is 8.15. The topological polar surface area (TPSA) is 32.3 Å². The molecule has 0 bridgehead atoms. The highest BCUT2D eigenvalue weighted by atomic mass is 35.5. The van der Waals surface area contributed by atoms with E-state index in [-0.39, 0.29) is 10.9 Å². The predicted molar refractivity (Wildman–Crippen MR) is 65.0 cm³/mol. The van der Waals surface area contributed by atoms with E-state index in [4.69, 9.17) is 11.6 Å². The van der Waals surface area contributed by atoms with Crippen molar-refractivity contribution in [2.24, 2.45) is 0 Å². The van der Waals surface area contributed by atoms with Gasteiger partial charge in [0.1, 0.15) is 5.82 Å². The Bertz CT molecular complexity index is 488. The first-order valence-electron chi connectivity index (χ1n) is 5.70. The molecule has 1 N–H and O–H groups in total. The van der Waals surface area contributed by atoms with E-state index in [0.29, 0.717) is 24.7 Å². The van der Waals surface area contributed by atoms with E-state index < -0.39 is 5.82 Å². The molecule has 3 nitrogen and oxygen atoms in total. The normalized spacial score (nSPS) is 19.6. The lowest BCUT2D eigenvalue weighted by molar-refractivity contribution is -0.115. The Balaban J connectivity index is 2.08. The van der Waals surface area contributed by atoms with Crippen molar-refractivity contribution < 1.29 is 9.18 Å². The summed E-state index contributed by atoms with van der Waals surface area (Å²) in [6, 6.07) is 3.38. The minimum atomic E-state index is -0.497. The highest BCUT2D eigenvalue weighted by Crippen LogP contribution is 2.39. The number of hydrogen-bond donors (Lipinski definition) is 1. The number of fused-ring (bicyclic) bond motifs is 1. The van der Waals surface area contributed by atoms with E-state index in [1.165, 1.54) is 6.07 Å². The molecule has 1 amide bonds. The van der Waals surface area contributed by atoms with Crippen LogP contribution in [0.3, 0.4) is 0 Å². The van der Waals surface area contributed by atoms with Gasteiger partial charge in [-0.25, -0.2) is 4.39 Å². The quantitative estimate of drug-likeness (QED) is 0.836. The number of halogens is 2. The molecule has 5 heteroatoms. The Morgan fingerprint density at radius 2 is 2.18 bits per heavy atom. The Hall–Kier alpha value is -1.29. The molecule has 1 aromatic carbocycles. The van der Waals surface area contributed by atoms with Gasteiger partial charge in [0.2, 0.25) is 5.91 Å². The Morgan fingerprint density at radius 1 is 1.41 bits per heavy atom. The monoisotopic (exact) mass is 254 g/mol. The minimum absolute atomic E-state index is 0.0730. The van der Waals surface area contributed by atoms with Crippen LogP contribution in [0.25, 0.3) is 0 Å². The number of hydrogen-bond acceptors (Lipinski definition) is 2. The largest absolute Gasteiger partial charge is 0.366 e.